The van der Waals surface area contributed by atoms with E-state index in [2.05, 4.69) is 36.3 Å². The molecule has 0 N–H and O–H groups in total. The Labute approximate surface area is 238 Å². The van der Waals surface area contributed by atoms with Crippen LogP contribution in [0.1, 0.15) is 28.7 Å². The predicted octanol–water partition coefficient (Wildman–Crippen LogP) is 5.06. The van der Waals surface area contributed by atoms with Gasteiger partial charge in [0.05, 0.1) is 22.3 Å². The zero-order chi connectivity index (χ0) is 28.9. The molecule has 1 unspecified atom stereocenters. The van der Waals surface area contributed by atoms with Crippen LogP contribution < -0.4 is 5.56 Å². The van der Waals surface area contributed by atoms with Crippen molar-refractivity contribution in [2.75, 3.05) is 13.1 Å². The van der Waals surface area contributed by atoms with Gasteiger partial charge in [-0.15, -0.1) is 0 Å². The van der Waals surface area contributed by atoms with Gasteiger partial charge in [0.1, 0.15) is 5.82 Å². The third kappa shape index (κ3) is 4.79. The van der Waals surface area contributed by atoms with Crippen LogP contribution in [-0.4, -0.2) is 40.2 Å². The van der Waals surface area contributed by atoms with Gasteiger partial charge in [0.2, 0.25) is 15.6 Å². The molecule has 210 valence electrons. The van der Waals surface area contributed by atoms with Gasteiger partial charge in [0.25, 0.3) is 0 Å². The largest absolute Gasteiger partial charge is 0.316 e. The van der Waals surface area contributed by atoms with E-state index < -0.39 is 21.3 Å². The van der Waals surface area contributed by atoms with E-state index in [-0.39, 0.29) is 10.5 Å². The number of benzene rings is 3. The van der Waals surface area contributed by atoms with Crippen molar-refractivity contribution in [3.8, 4) is 5.69 Å². The molecule has 0 bridgehead atoms. The molecule has 0 spiro atoms. The van der Waals surface area contributed by atoms with E-state index >= 15 is 0 Å². The number of fused-ring (bicyclic) bond motifs is 1. The number of sulfonamides is 1. The van der Waals surface area contributed by atoms with Gasteiger partial charge in [-0.1, -0.05) is 30.3 Å². The molecule has 0 amide bonds. The first-order valence-electron chi connectivity index (χ1n) is 13.5. The fourth-order valence-corrected chi connectivity index (χ4v) is 7.92. The maximum atomic E-state index is 13.8. The zero-order valence-electron chi connectivity index (χ0n) is 23.2. The van der Waals surface area contributed by atoms with Crippen LogP contribution >= 0.6 is 0 Å². The molecule has 2 aromatic heterocycles. The number of hydrogen-bond acceptors (Lipinski definition) is 4. The van der Waals surface area contributed by atoms with Gasteiger partial charge in [0.15, 0.2) is 0 Å². The Morgan fingerprint density at radius 2 is 1.76 bits per heavy atom. The fraction of sp³-hybridized carbons (Fsp3) is 0.250. The van der Waals surface area contributed by atoms with Crippen LogP contribution in [0.2, 0.25) is 0 Å². The lowest BCUT2D eigenvalue weighted by Crippen LogP contribution is -2.37. The molecule has 5 aromatic rings. The molecule has 41 heavy (non-hydrogen) atoms. The minimum absolute atomic E-state index is 0.0943. The number of halogens is 1. The van der Waals surface area contributed by atoms with Crippen LogP contribution in [0.3, 0.4) is 0 Å². The third-order valence-electron chi connectivity index (χ3n) is 8.26. The molecule has 1 saturated heterocycles. The quantitative estimate of drug-likeness (QED) is 0.286. The van der Waals surface area contributed by atoms with E-state index in [0.29, 0.717) is 31.5 Å². The SMILES string of the molecule is Cc1cc2c(cnn2-c2ccc(=O)n(C)c2)cc1C1(Cc2ccccc2)CCN(S(=O)(=O)c2ccc(F)cc2C)C1. The van der Waals surface area contributed by atoms with E-state index in [1.54, 1.807) is 30.5 Å². The molecule has 1 fully saturated rings. The summed E-state index contributed by atoms with van der Waals surface area (Å²) in [6.45, 7) is 4.35. The number of hydrogen-bond donors (Lipinski definition) is 0. The standard InChI is InChI=1S/C32H31FN4O3S/c1-22-16-29-25(19-34-37(29)27-10-12-31(38)35(3)20-27)17-28(22)32(18-24-7-5-4-6-8-24)13-14-36(21-32)41(39,40)30-11-9-26(33)15-23(30)2/h4-12,15-17,19-20H,13-14,18,21H2,1-3H3. The molecular formula is C32H31FN4O3S. The van der Waals surface area contributed by atoms with Crippen LogP contribution in [0.4, 0.5) is 4.39 Å². The molecule has 6 rings (SSSR count). The summed E-state index contributed by atoms with van der Waals surface area (Å²) in [5.74, 6) is -0.455. The summed E-state index contributed by atoms with van der Waals surface area (Å²) >= 11 is 0. The highest BCUT2D eigenvalue weighted by Crippen LogP contribution is 2.43. The van der Waals surface area contributed by atoms with Crippen LogP contribution in [0.25, 0.3) is 16.6 Å². The lowest BCUT2D eigenvalue weighted by Gasteiger charge is -2.32. The van der Waals surface area contributed by atoms with Crippen molar-refractivity contribution in [3.63, 3.8) is 0 Å². The van der Waals surface area contributed by atoms with E-state index in [1.165, 1.54) is 28.8 Å². The summed E-state index contributed by atoms with van der Waals surface area (Å²) in [6.07, 6.45) is 4.88. The lowest BCUT2D eigenvalue weighted by molar-refractivity contribution is 0.413. The molecule has 7 nitrogen and oxygen atoms in total. The van der Waals surface area contributed by atoms with Crippen molar-refractivity contribution < 1.29 is 12.8 Å². The number of aryl methyl sites for hydroxylation is 3. The first-order valence-corrected chi connectivity index (χ1v) is 15.0. The number of pyridine rings is 1. The monoisotopic (exact) mass is 570 g/mol. The van der Waals surface area contributed by atoms with Gasteiger partial charge < -0.3 is 4.57 Å². The average Bonchev–Trinajstić information content (AvgIpc) is 3.55. The van der Waals surface area contributed by atoms with Crippen molar-refractivity contribution in [2.45, 2.75) is 37.0 Å². The number of rotatable bonds is 6. The molecule has 1 aliphatic rings. The van der Waals surface area contributed by atoms with Crippen molar-refractivity contribution in [1.29, 1.82) is 0 Å². The second kappa shape index (κ2) is 10.1. The molecule has 3 aromatic carbocycles. The summed E-state index contributed by atoms with van der Waals surface area (Å²) in [5, 5.41) is 5.56. The molecule has 1 atom stereocenters. The average molecular weight is 571 g/mol. The van der Waals surface area contributed by atoms with Gasteiger partial charge in [-0.2, -0.15) is 9.40 Å². The minimum atomic E-state index is -3.83. The van der Waals surface area contributed by atoms with Crippen LogP contribution in [0.15, 0.2) is 94.9 Å². The van der Waals surface area contributed by atoms with Gasteiger partial charge in [-0.25, -0.2) is 17.5 Å². The summed E-state index contributed by atoms with van der Waals surface area (Å²) in [6, 6.07) is 21.5. The fourth-order valence-electron chi connectivity index (χ4n) is 6.19. The zero-order valence-corrected chi connectivity index (χ0v) is 24.0. The number of nitrogens with zero attached hydrogens (tertiary/aromatic N) is 4. The Morgan fingerprint density at radius 1 is 0.976 bits per heavy atom. The van der Waals surface area contributed by atoms with E-state index in [4.69, 9.17) is 0 Å². The first-order chi connectivity index (χ1) is 19.6. The number of aromatic nitrogens is 3. The van der Waals surface area contributed by atoms with E-state index in [1.807, 2.05) is 29.1 Å². The third-order valence-corrected chi connectivity index (χ3v) is 10.3. The topological polar surface area (TPSA) is 77.2 Å². The van der Waals surface area contributed by atoms with Crippen LogP contribution in [-0.2, 0) is 28.9 Å². The van der Waals surface area contributed by atoms with Crippen LogP contribution in [0, 0.1) is 19.7 Å². The molecule has 9 heteroatoms. The van der Waals surface area contributed by atoms with Gasteiger partial charge in [-0.3, -0.25) is 4.79 Å². The first kappa shape index (κ1) is 27.1. The highest BCUT2D eigenvalue weighted by molar-refractivity contribution is 7.89. The lowest BCUT2D eigenvalue weighted by atomic mass is 9.73. The summed E-state index contributed by atoms with van der Waals surface area (Å²) < 4.78 is 46.3. The highest BCUT2D eigenvalue weighted by Gasteiger charge is 2.45. The highest BCUT2D eigenvalue weighted by atomic mass is 32.2. The van der Waals surface area contributed by atoms with Gasteiger partial charge in [0, 0.05) is 43.2 Å². The molecule has 0 aliphatic carbocycles. The van der Waals surface area contributed by atoms with Crippen molar-refractivity contribution in [3.05, 3.63) is 124 Å². The minimum Gasteiger partial charge on any atom is -0.316 e. The Kier molecular flexibility index (Phi) is 6.66. The Balaban J connectivity index is 1.45. The smallest absolute Gasteiger partial charge is 0.250 e. The Hall–Kier alpha value is -4.08. The second-order valence-corrected chi connectivity index (χ2v) is 13.0. The molecule has 0 saturated carbocycles. The van der Waals surface area contributed by atoms with Gasteiger partial charge in [-0.05, 0) is 85.3 Å². The normalized spacial score (nSPS) is 17.9. The second-order valence-electron chi connectivity index (χ2n) is 11.1. The molecule has 1 aliphatic heterocycles. The Bertz CT molecular complexity index is 1950. The molecule has 0 radical (unpaired) electrons. The van der Waals surface area contributed by atoms with Crippen molar-refractivity contribution in [2.24, 2.45) is 7.05 Å². The molecule has 3 heterocycles. The van der Waals surface area contributed by atoms with Crippen molar-refractivity contribution >= 4 is 20.9 Å². The maximum absolute atomic E-state index is 13.8. The summed E-state index contributed by atoms with van der Waals surface area (Å²) in [5.41, 5.74) is 4.77. The summed E-state index contributed by atoms with van der Waals surface area (Å²) in [4.78, 5) is 12.1. The molecular weight excluding hydrogens is 539 g/mol. The maximum Gasteiger partial charge on any atom is 0.250 e. The van der Waals surface area contributed by atoms with Gasteiger partial charge >= 0.3 is 0 Å². The van der Waals surface area contributed by atoms with Crippen molar-refractivity contribution in [1.82, 2.24) is 18.7 Å². The Morgan fingerprint density at radius 3 is 2.49 bits per heavy atom. The predicted molar refractivity (Wildman–Crippen MR) is 157 cm³/mol. The summed E-state index contributed by atoms with van der Waals surface area (Å²) in [7, 11) is -2.12. The van der Waals surface area contributed by atoms with E-state index in [0.717, 1.165) is 33.3 Å². The van der Waals surface area contributed by atoms with Crippen LogP contribution in [0.5, 0.6) is 0 Å². The van der Waals surface area contributed by atoms with E-state index in [9.17, 15) is 17.6 Å².